The third-order valence-corrected chi connectivity index (χ3v) is 3.74. The lowest BCUT2D eigenvalue weighted by molar-refractivity contribution is -0.137. The monoisotopic (exact) mass is 403 g/mol. The van der Waals surface area contributed by atoms with Gasteiger partial charge in [-0.05, 0) is 24.3 Å². The van der Waals surface area contributed by atoms with Crippen LogP contribution in [0.2, 0.25) is 0 Å². The maximum atomic E-state index is 12.5. The van der Waals surface area contributed by atoms with E-state index in [1.54, 1.807) is 12.1 Å². The maximum Gasteiger partial charge on any atom is 0.490 e. The molecule has 3 rings (SSSR count). The Labute approximate surface area is 163 Å². The summed E-state index contributed by atoms with van der Waals surface area (Å²) in [6.45, 7) is 0. The molecule has 3 N–H and O–H groups in total. The summed E-state index contributed by atoms with van der Waals surface area (Å²) in [5.74, 6) is -0.500. The summed E-state index contributed by atoms with van der Waals surface area (Å²) in [7, 11) is -1.76. The summed E-state index contributed by atoms with van der Waals surface area (Å²) in [6.07, 6.45) is -2.63. The highest BCUT2D eigenvalue weighted by Crippen LogP contribution is 2.29. The number of ether oxygens (including phenoxy) is 1. The van der Waals surface area contributed by atoms with E-state index < -0.39 is 24.8 Å². The van der Waals surface area contributed by atoms with Gasteiger partial charge in [0.2, 0.25) is 5.88 Å². The molecule has 29 heavy (non-hydrogen) atoms. The second-order valence-electron chi connectivity index (χ2n) is 5.78. The van der Waals surface area contributed by atoms with Gasteiger partial charge in [0.1, 0.15) is 11.4 Å². The molecule has 11 heteroatoms. The first-order chi connectivity index (χ1) is 13.7. The Morgan fingerprint density at radius 3 is 2.34 bits per heavy atom. The Balaban J connectivity index is 1.68. The summed E-state index contributed by atoms with van der Waals surface area (Å²) in [4.78, 5) is 19.8. The molecule has 0 aliphatic heterocycles. The van der Waals surface area contributed by atoms with Crippen LogP contribution in [0.3, 0.4) is 0 Å². The maximum absolute atomic E-state index is 12.5. The summed E-state index contributed by atoms with van der Waals surface area (Å²) in [5.41, 5.74) is -0.555. The van der Waals surface area contributed by atoms with Crippen molar-refractivity contribution in [1.29, 1.82) is 0 Å². The Morgan fingerprint density at radius 2 is 1.76 bits per heavy atom. The highest BCUT2D eigenvalue weighted by atomic mass is 19.4. The third-order valence-electron chi connectivity index (χ3n) is 3.74. The van der Waals surface area contributed by atoms with Crippen LogP contribution in [0.1, 0.15) is 16.1 Å². The van der Waals surface area contributed by atoms with Gasteiger partial charge in [-0.25, -0.2) is 9.97 Å². The number of anilines is 1. The Morgan fingerprint density at radius 1 is 1.00 bits per heavy atom. The van der Waals surface area contributed by atoms with Gasteiger partial charge in [-0.15, -0.1) is 0 Å². The Kier molecular flexibility index (Phi) is 5.80. The van der Waals surface area contributed by atoms with Crippen LogP contribution in [0.15, 0.2) is 60.9 Å². The molecule has 0 saturated carbocycles. The van der Waals surface area contributed by atoms with Crippen molar-refractivity contribution in [3.05, 3.63) is 72.2 Å². The zero-order chi connectivity index (χ0) is 21.0. The summed E-state index contributed by atoms with van der Waals surface area (Å²) in [6, 6.07) is 10.8. The zero-order valence-electron chi connectivity index (χ0n) is 14.6. The molecule has 0 aliphatic rings. The molecule has 3 aromatic rings. The standard InChI is InChI=1S/C18H13BF3N3O4/c20-18(21,22)11-5-8-16(24-9-11)29-12-6-7-15(23-10-12)17(26)25-14-4-2-1-3-13(14)19(27)28/h1-10,27-28H,(H,25,26). The van der Waals surface area contributed by atoms with Crippen LogP contribution in [-0.4, -0.2) is 33.0 Å². The molecule has 7 nitrogen and oxygen atoms in total. The summed E-state index contributed by atoms with van der Waals surface area (Å²) >= 11 is 0. The first-order valence-corrected chi connectivity index (χ1v) is 8.17. The molecular weight excluding hydrogens is 390 g/mol. The molecule has 0 bridgehead atoms. The predicted octanol–water partition coefficient (Wildman–Crippen LogP) is 2.22. The second kappa shape index (κ2) is 8.29. The number of hydrogen-bond donors (Lipinski definition) is 3. The zero-order valence-corrected chi connectivity index (χ0v) is 14.6. The first kappa shape index (κ1) is 20.3. The van der Waals surface area contributed by atoms with E-state index in [0.717, 1.165) is 12.1 Å². The molecule has 0 unspecified atom stereocenters. The number of carbonyl (C=O) groups excluding carboxylic acids is 1. The van der Waals surface area contributed by atoms with E-state index in [1.807, 2.05) is 0 Å². The minimum absolute atomic E-state index is 0.0139. The van der Waals surface area contributed by atoms with Crippen LogP contribution >= 0.6 is 0 Å². The Bertz CT molecular complexity index is 996. The number of benzene rings is 1. The van der Waals surface area contributed by atoms with Crippen LogP contribution < -0.4 is 15.5 Å². The topological polar surface area (TPSA) is 105 Å². The number of para-hydroxylation sites is 1. The highest BCUT2D eigenvalue weighted by molar-refractivity contribution is 6.60. The SMILES string of the molecule is O=C(Nc1ccccc1B(O)O)c1ccc(Oc2ccc(C(F)(F)F)cn2)cn1. The van der Waals surface area contributed by atoms with E-state index >= 15 is 0 Å². The number of alkyl halides is 3. The number of amides is 1. The van der Waals surface area contributed by atoms with Crippen LogP contribution in [0.4, 0.5) is 18.9 Å². The molecule has 0 atom stereocenters. The number of nitrogens with zero attached hydrogens (tertiary/aromatic N) is 2. The molecule has 0 aliphatic carbocycles. The lowest BCUT2D eigenvalue weighted by Gasteiger charge is -2.10. The molecule has 148 valence electrons. The molecule has 2 heterocycles. The van der Waals surface area contributed by atoms with Crippen LogP contribution in [0.5, 0.6) is 11.6 Å². The minimum Gasteiger partial charge on any atom is -0.437 e. The van der Waals surface area contributed by atoms with Crippen molar-refractivity contribution >= 4 is 24.2 Å². The largest absolute Gasteiger partial charge is 0.490 e. The quantitative estimate of drug-likeness (QED) is 0.565. The van der Waals surface area contributed by atoms with E-state index in [2.05, 4.69) is 15.3 Å². The van der Waals surface area contributed by atoms with E-state index in [-0.39, 0.29) is 28.5 Å². The van der Waals surface area contributed by atoms with Crippen molar-refractivity contribution in [2.24, 2.45) is 0 Å². The van der Waals surface area contributed by atoms with Gasteiger partial charge in [0.15, 0.2) is 0 Å². The van der Waals surface area contributed by atoms with Crippen LogP contribution in [0, 0.1) is 0 Å². The third kappa shape index (κ3) is 5.09. The van der Waals surface area contributed by atoms with Gasteiger partial charge in [0, 0.05) is 23.4 Å². The van der Waals surface area contributed by atoms with Gasteiger partial charge < -0.3 is 20.1 Å². The molecule has 0 saturated heterocycles. The van der Waals surface area contributed by atoms with Crippen LogP contribution in [-0.2, 0) is 6.18 Å². The van der Waals surface area contributed by atoms with Crippen molar-refractivity contribution in [3.63, 3.8) is 0 Å². The van der Waals surface area contributed by atoms with Gasteiger partial charge in [0.25, 0.3) is 5.91 Å². The molecule has 0 fully saturated rings. The molecule has 1 amide bonds. The lowest BCUT2D eigenvalue weighted by Crippen LogP contribution is -2.33. The smallest absolute Gasteiger partial charge is 0.437 e. The van der Waals surface area contributed by atoms with E-state index in [1.165, 1.54) is 30.5 Å². The van der Waals surface area contributed by atoms with Gasteiger partial charge >= 0.3 is 13.3 Å². The summed E-state index contributed by atoms with van der Waals surface area (Å²) in [5, 5.41) is 21.2. The van der Waals surface area contributed by atoms with Gasteiger partial charge in [-0.3, -0.25) is 4.79 Å². The number of rotatable bonds is 5. The van der Waals surface area contributed by atoms with Crippen molar-refractivity contribution in [1.82, 2.24) is 9.97 Å². The van der Waals surface area contributed by atoms with Gasteiger partial charge in [0.05, 0.1) is 11.8 Å². The number of hydrogen-bond acceptors (Lipinski definition) is 6. The number of aromatic nitrogens is 2. The van der Waals surface area contributed by atoms with Crippen LogP contribution in [0.25, 0.3) is 0 Å². The van der Waals surface area contributed by atoms with E-state index in [0.29, 0.717) is 6.20 Å². The predicted molar refractivity (Wildman–Crippen MR) is 97.8 cm³/mol. The van der Waals surface area contributed by atoms with E-state index in [4.69, 9.17) is 4.74 Å². The fourth-order valence-electron chi connectivity index (χ4n) is 2.33. The number of carbonyl (C=O) groups is 1. The molecular formula is C18H13BF3N3O4. The number of nitrogens with one attached hydrogen (secondary N) is 1. The first-order valence-electron chi connectivity index (χ1n) is 8.17. The second-order valence-corrected chi connectivity index (χ2v) is 5.78. The minimum atomic E-state index is -4.49. The normalized spacial score (nSPS) is 11.1. The average Bonchev–Trinajstić information content (AvgIpc) is 2.68. The van der Waals surface area contributed by atoms with Crippen molar-refractivity contribution in [3.8, 4) is 11.6 Å². The fraction of sp³-hybridized carbons (Fsp3) is 0.0556. The summed E-state index contributed by atoms with van der Waals surface area (Å²) < 4.78 is 42.9. The molecule has 1 aromatic carbocycles. The molecule has 2 aromatic heterocycles. The number of pyridine rings is 2. The van der Waals surface area contributed by atoms with Crippen molar-refractivity contribution < 1.29 is 32.8 Å². The number of halogens is 3. The fourth-order valence-corrected chi connectivity index (χ4v) is 2.33. The van der Waals surface area contributed by atoms with Crippen molar-refractivity contribution in [2.45, 2.75) is 6.18 Å². The highest BCUT2D eigenvalue weighted by Gasteiger charge is 2.30. The molecule has 0 spiro atoms. The lowest BCUT2D eigenvalue weighted by atomic mass is 9.79. The average molecular weight is 403 g/mol. The molecule has 0 radical (unpaired) electrons. The van der Waals surface area contributed by atoms with E-state index in [9.17, 15) is 28.0 Å². The van der Waals surface area contributed by atoms with Crippen molar-refractivity contribution in [2.75, 3.05) is 5.32 Å². The van der Waals surface area contributed by atoms with Gasteiger partial charge in [-0.2, -0.15) is 13.2 Å². The Hall–Kier alpha value is -3.44. The van der Waals surface area contributed by atoms with Gasteiger partial charge in [-0.1, -0.05) is 18.2 Å².